The Kier molecular flexibility index (Phi) is 5.14. The summed E-state index contributed by atoms with van der Waals surface area (Å²) < 4.78 is 40.2. The second-order valence-electron chi connectivity index (χ2n) is 4.55. The van der Waals surface area contributed by atoms with Gasteiger partial charge >= 0.3 is 0 Å². The van der Waals surface area contributed by atoms with Gasteiger partial charge in [-0.2, -0.15) is 0 Å². The Morgan fingerprint density at radius 2 is 1.76 bits per heavy atom. The molecule has 0 heterocycles. The van der Waals surface area contributed by atoms with Crippen LogP contribution in [0.4, 0.5) is 13.2 Å². The molecule has 0 amide bonds. The van der Waals surface area contributed by atoms with Gasteiger partial charge in [-0.25, -0.2) is 13.2 Å². The highest BCUT2D eigenvalue weighted by atomic mass is 35.5. The molecule has 0 bridgehead atoms. The number of likely N-dealkylation sites (N-methyl/N-ethyl adjacent to an activating group) is 1. The monoisotopic (exact) mass is 333 g/mol. The minimum absolute atomic E-state index is 0.0439. The molecule has 21 heavy (non-hydrogen) atoms. The summed E-state index contributed by atoms with van der Waals surface area (Å²) in [4.78, 5) is 0. The molecular weight excluding hydrogens is 322 g/mol. The third kappa shape index (κ3) is 3.51. The zero-order valence-corrected chi connectivity index (χ0v) is 12.6. The van der Waals surface area contributed by atoms with Crippen molar-refractivity contribution < 1.29 is 13.2 Å². The number of hydrogen-bond donors (Lipinski definition) is 1. The smallest absolute Gasteiger partial charge is 0.194 e. The number of nitrogens with one attached hydrogen (secondary N) is 1. The van der Waals surface area contributed by atoms with Crippen LogP contribution < -0.4 is 5.32 Å². The molecule has 1 atom stereocenters. The molecule has 0 radical (unpaired) electrons. The van der Waals surface area contributed by atoms with E-state index in [0.717, 1.165) is 11.6 Å². The summed E-state index contributed by atoms with van der Waals surface area (Å²) in [5, 5.41) is 3.80. The number of halogens is 5. The first-order valence-corrected chi connectivity index (χ1v) is 6.94. The Balaban J connectivity index is 2.34. The van der Waals surface area contributed by atoms with Gasteiger partial charge in [-0.05, 0) is 37.2 Å². The van der Waals surface area contributed by atoms with E-state index in [0.29, 0.717) is 16.5 Å². The van der Waals surface area contributed by atoms with Crippen LogP contribution in [-0.4, -0.2) is 7.05 Å². The third-order valence-electron chi connectivity index (χ3n) is 3.23. The van der Waals surface area contributed by atoms with Crippen molar-refractivity contribution in [2.45, 2.75) is 12.5 Å². The highest BCUT2D eigenvalue weighted by Gasteiger charge is 2.20. The van der Waals surface area contributed by atoms with E-state index in [1.54, 1.807) is 25.2 Å². The number of benzene rings is 2. The second kappa shape index (κ2) is 6.69. The Morgan fingerprint density at radius 3 is 2.38 bits per heavy atom. The van der Waals surface area contributed by atoms with Gasteiger partial charge in [0.05, 0.1) is 0 Å². The minimum Gasteiger partial charge on any atom is -0.313 e. The van der Waals surface area contributed by atoms with Gasteiger partial charge in [-0.1, -0.05) is 35.3 Å². The van der Waals surface area contributed by atoms with Crippen LogP contribution in [-0.2, 0) is 6.42 Å². The van der Waals surface area contributed by atoms with Crippen LogP contribution in [0.2, 0.25) is 10.0 Å². The molecule has 1 nitrogen and oxygen atoms in total. The highest BCUT2D eigenvalue weighted by molar-refractivity contribution is 6.35. The van der Waals surface area contributed by atoms with Crippen LogP contribution in [0.1, 0.15) is 17.2 Å². The Hall–Kier alpha value is -1.23. The fourth-order valence-electron chi connectivity index (χ4n) is 2.08. The van der Waals surface area contributed by atoms with E-state index in [1.807, 2.05) is 0 Å². The normalized spacial score (nSPS) is 12.5. The standard InChI is InChI=1S/C15H12Cl2F3N/c1-21-13(6-8-2-3-9(16)7-11(8)17)10-4-5-12(18)15(20)14(10)19/h2-5,7,13,21H,6H2,1H3. The molecule has 1 unspecified atom stereocenters. The molecule has 0 spiro atoms. The molecule has 1 N–H and O–H groups in total. The van der Waals surface area contributed by atoms with E-state index in [1.165, 1.54) is 6.07 Å². The van der Waals surface area contributed by atoms with E-state index >= 15 is 0 Å². The van der Waals surface area contributed by atoms with E-state index < -0.39 is 23.5 Å². The lowest BCUT2D eigenvalue weighted by atomic mass is 9.98. The topological polar surface area (TPSA) is 12.0 Å². The van der Waals surface area contributed by atoms with E-state index in [2.05, 4.69) is 5.32 Å². The van der Waals surface area contributed by atoms with Gasteiger partial charge in [0.25, 0.3) is 0 Å². The van der Waals surface area contributed by atoms with E-state index in [4.69, 9.17) is 23.2 Å². The maximum absolute atomic E-state index is 13.9. The van der Waals surface area contributed by atoms with Crippen LogP contribution in [0.3, 0.4) is 0 Å². The Labute approximate surface area is 130 Å². The first-order chi connectivity index (χ1) is 9.93. The summed E-state index contributed by atoms with van der Waals surface area (Å²) in [6.45, 7) is 0. The second-order valence-corrected chi connectivity index (χ2v) is 5.39. The SMILES string of the molecule is CNC(Cc1ccc(Cl)cc1Cl)c1ccc(F)c(F)c1F. The predicted molar refractivity (Wildman–Crippen MR) is 78.3 cm³/mol. The molecular formula is C15H12Cl2F3N. The zero-order valence-electron chi connectivity index (χ0n) is 11.1. The Bertz CT molecular complexity index is 662. The molecule has 2 rings (SSSR count). The lowest BCUT2D eigenvalue weighted by Crippen LogP contribution is -2.21. The fourth-order valence-corrected chi connectivity index (χ4v) is 2.57. The molecule has 2 aromatic rings. The lowest BCUT2D eigenvalue weighted by Gasteiger charge is -2.18. The zero-order chi connectivity index (χ0) is 15.6. The van der Waals surface area contributed by atoms with Crippen molar-refractivity contribution in [2.24, 2.45) is 0 Å². The third-order valence-corrected chi connectivity index (χ3v) is 3.82. The summed E-state index contributed by atoms with van der Waals surface area (Å²) in [6, 6.07) is 6.54. The van der Waals surface area contributed by atoms with E-state index in [9.17, 15) is 13.2 Å². The van der Waals surface area contributed by atoms with Crippen molar-refractivity contribution >= 4 is 23.2 Å². The van der Waals surface area contributed by atoms with Crippen molar-refractivity contribution in [2.75, 3.05) is 7.05 Å². The summed E-state index contributed by atoms with van der Waals surface area (Å²) >= 11 is 11.9. The molecule has 6 heteroatoms. The van der Waals surface area contributed by atoms with Crippen LogP contribution in [0.15, 0.2) is 30.3 Å². The first-order valence-electron chi connectivity index (χ1n) is 6.18. The maximum atomic E-state index is 13.9. The molecule has 0 aliphatic carbocycles. The molecule has 0 aromatic heterocycles. The molecule has 0 fully saturated rings. The van der Waals surface area contributed by atoms with Gasteiger partial charge < -0.3 is 5.32 Å². The summed E-state index contributed by atoms with van der Waals surface area (Å²) in [6.07, 6.45) is 0.314. The van der Waals surface area contributed by atoms with Crippen LogP contribution in [0.25, 0.3) is 0 Å². The van der Waals surface area contributed by atoms with Crippen molar-refractivity contribution in [1.29, 1.82) is 0 Å². The summed E-state index contributed by atoms with van der Waals surface area (Å²) in [5.74, 6) is -3.88. The average molecular weight is 334 g/mol. The van der Waals surface area contributed by atoms with Crippen LogP contribution >= 0.6 is 23.2 Å². The van der Waals surface area contributed by atoms with Crippen molar-refractivity contribution in [1.82, 2.24) is 5.32 Å². The van der Waals surface area contributed by atoms with E-state index in [-0.39, 0.29) is 5.56 Å². The molecule has 0 aliphatic heterocycles. The predicted octanol–water partition coefficient (Wildman–Crippen LogP) is 4.91. The lowest BCUT2D eigenvalue weighted by molar-refractivity contribution is 0.428. The first kappa shape index (κ1) is 16.1. The highest BCUT2D eigenvalue weighted by Crippen LogP contribution is 2.28. The molecule has 2 aromatic carbocycles. The molecule has 0 saturated carbocycles. The number of hydrogen-bond acceptors (Lipinski definition) is 1. The van der Waals surface area contributed by atoms with Crippen molar-refractivity contribution in [3.05, 3.63) is 69.0 Å². The largest absolute Gasteiger partial charge is 0.313 e. The molecule has 0 saturated heterocycles. The Morgan fingerprint density at radius 1 is 1.05 bits per heavy atom. The van der Waals surface area contributed by atoms with Gasteiger partial charge in [0, 0.05) is 21.7 Å². The quantitative estimate of drug-likeness (QED) is 0.783. The molecule has 112 valence electrons. The van der Waals surface area contributed by atoms with Crippen LogP contribution in [0.5, 0.6) is 0 Å². The molecule has 0 aliphatic rings. The fraction of sp³-hybridized carbons (Fsp3) is 0.200. The average Bonchev–Trinajstić information content (AvgIpc) is 2.45. The minimum atomic E-state index is -1.48. The van der Waals surface area contributed by atoms with Crippen molar-refractivity contribution in [3.63, 3.8) is 0 Å². The van der Waals surface area contributed by atoms with Crippen LogP contribution in [0, 0.1) is 17.5 Å². The summed E-state index contributed by atoms with van der Waals surface area (Å²) in [5.41, 5.74) is 0.770. The van der Waals surface area contributed by atoms with Gasteiger partial charge in [0.1, 0.15) is 0 Å². The van der Waals surface area contributed by atoms with Gasteiger partial charge in [-0.3, -0.25) is 0 Å². The van der Waals surface area contributed by atoms with Gasteiger partial charge in [0.15, 0.2) is 17.5 Å². The summed E-state index contributed by atoms with van der Waals surface area (Å²) in [7, 11) is 1.61. The maximum Gasteiger partial charge on any atom is 0.194 e. The van der Waals surface area contributed by atoms with Gasteiger partial charge in [-0.15, -0.1) is 0 Å². The number of rotatable bonds is 4. The van der Waals surface area contributed by atoms with Gasteiger partial charge in [0.2, 0.25) is 0 Å². The van der Waals surface area contributed by atoms with Crippen molar-refractivity contribution in [3.8, 4) is 0 Å².